The lowest BCUT2D eigenvalue weighted by Crippen LogP contribution is -2.12. The molecule has 0 saturated carbocycles. The zero-order valence-electron chi connectivity index (χ0n) is 13.4. The molecule has 0 amide bonds. The van der Waals surface area contributed by atoms with Crippen molar-refractivity contribution in [1.82, 2.24) is 13.9 Å². The number of hydrogen-bond acceptors (Lipinski definition) is 5. The van der Waals surface area contributed by atoms with Crippen LogP contribution < -0.4 is 0 Å². The van der Waals surface area contributed by atoms with Crippen molar-refractivity contribution < 1.29 is 8.42 Å². The molecule has 3 heterocycles. The number of nitriles is 1. The summed E-state index contributed by atoms with van der Waals surface area (Å²) in [5.41, 5.74) is 1.97. The third-order valence-corrected chi connectivity index (χ3v) is 5.68. The van der Waals surface area contributed by atoms with Gasteiger partial charge in [0.15, 0.2) is 5.65 Å². The van der Waals surface area contributed by atoms with Gasteiger partial charge in [0.05, 0.1) is 4.90 Å². The number of pyridine rings is 2. The molecule has 0 fully saturated rings. The molecule has 6 nitrogen and oxygen atoms in total. The minimum atomic E-state index is -3.79. The van der Waals surface area contributed by atoms with E-state index in [9.17, 15) is 8.42 Å². The maximum absolute atomic E-state index is 13.1. The third kappa shape index (κ3) is 2.53. The highest BCUT2D eigenvalue weighted by molar-refractivity contribution is 7.90. The Hall–Kier alpha value is -3.50. The van der Waals surface area contributed by atoms with Gasteiger partial charge in [-0.1, -0.05) is 18.2 Å². The van der Waals surface area contributed by atoms with Crippen molar-refractivity contribution in [3.05, 3.63) is 78.9 Å². The molecule has 3 aromatic heterocycles. The fourth-order valence-electron chi connectivity index (χ4n) is 2.81. The summed E-state index contributed by atoms with van der Waals surface area (Å²) in [6.45, 7) is 0. The molecule has 7 heteroatoms. The molecular formula is C19H12N4O2S. The molecule has 4 aromatic rings. The Kier molecular flexibility index (Phi) is 3.75. The molecule has 0 N–H and O–H groups in total. The first-order chi connectivity index (χ1) is 12.6. The van der Waals surface area contributed by atoms with Crippen molar-refractivity contribution in [3.8, 4) is 17.2 Å². The van der Waals surface area contributed by atoms with E-state index in [0.717, 1.165) is 0 Å². The molecule has 0 aliphatic carbocycles. The Bertz CT molecular complexity index is 1260. The summed E-state index contributed by atoms with van der Waals surface area (Å²) in [5.74, 6) is 0. The largest absolute Gasteiger partial charge is 0.269 e. The first kappa shape index (κ1) is 16.0. The SMILES string of the molecule is N#Cc1cc(-c2cn(S(=O)(=O)c3ccccc3)c3ncccc23)ccn1. The summed E-state index contributed by atoms with van der Waals surface area (Å²) in [4.78, 5) is 8.41. The van der Waals surface area contributed by atoms with Crippen LogP contribution in [-0.4, -0.2) is 22.4 Å². The van der Waals surface area contributed by atoms with Crippen molar-refractivity contribution in [2.45, 2.75) is 4.90 Å². The molecule has 126 valence electrons. The Labute approximate surface area is 150 Å². The van der Waals surface area contributed by atoms with Crippen LogP contribution in [0.5, 0.6) is 0 Å². The molecule has 0 atom stereocenters. The van der Waals surface area contributed by atoms with Crippen LogP contribution in [0.25, 0.3) is 22.2 Å². The lowest BCUT2D eigenvalue weighted by molar-refractivity contribution is 0.589. The highest BCUT2D eigenvalue weighted by atomic mass is 32.2. The molecule has 0 unspecified atom stereocenters. The lowest BCUT2D eigenvalue weighted by Gasteiger charge is -2.06. The van der Waals surface area contributed by atoms with Gasteiger partial charge >= 0.3 is 0 Å². The number of hydrogen-bond donors (Lipinski definition) is 0. The smallest absolute Gasteiger partial charge is 0.246 e. The standard InChI is InChI=1S/C19H12N4O2S/c20-12-15-11-14(8-10-21-15)18-13-23(19-17(18)7-4-9-22-19)26(24,25)16-5-2-1-3-6-16/h1-11,13H. The fourth-order valence-corrected chi connectivity index (χ4v) is 4.15. The van der Waals surface area contributed by atoms with Crippen molar-refractivity contribution in [2.24, 2.45) is 0 Å². The highest BCUT2D eigenvalue weighted by Crippen LogP contribution is 2.32. The summed E-state index contributed by atoms with van der Waals surface area (Å²) in [7, 11) is -3.79. The van der Waals surface area contributed by atoms with Crippen LogP contribution in [0.1, 0.15) is 5.69 Å². The van der Waals surface area contributed by atoms with Crippen LogP contribution in [0, 0.1) is 11.3 Å². The average molecular weight is 360 g/mol. The van der Waals surface area contributed by atoms with Crippen molar-refractivity contribution in [2.75, 3.05) is 0 Å². The van der Waals surface area contributed by atoms with E-state index >= 15 is 0 Å². The second kappa shape index (κ2) is 6.10. The predicted octanol–water partition coefficient (Wildman–Crippen LogP) is 3.21. The van der Waals surface area contributed by atoms with Gasteiger partial charge in [-0.15, -0.1) is 0 Å². The first-order valence-electron chi connectivity index (χ1n) is 7.74. The van der Waals surface area contributed by atoms with Crippen molar-refractivity contribution in [3.63, 3.8) is 0 Å². The third-order valence-electron chi connectivity index (χ3n) is 4.02. The lowest BCUT2D eigenvalue weighted by atomic mass is 10.1. The number of fused-ring (bicyclic) bond motifs is 1. The quantitative estimate of drug-likeness (QED) is 0.560. The predicted molar refractivity (Wildman–Crippen MR) is 96.7 cm³/mol. The molecular weight excluding hydrogens is 348 g/mol. The van der Waals surface area contributed by atoms with E-state index in [0.29, 0.717) is 22.2 Å². The zero-order chi connectivity index (χ0) is 18.1. The average Bonchev–Trinajstić information content (AvgIpc) is 3.09. The topological polar surface area (TPSA) is 88.6 Å². The normalized spacial score (nSPS) is 11.3. The molecule has 0 aliphatic rings. The maximum atomic E-state index is 13.1. The van der Waals surface area contributed by atoms with Crippen molar-refractivity contribution in [1.29, 1.82) is 5.26 Å². The molecule has 0 saturated heterocycles. The summed E-state index contributed by atoms with van der Waals surface area (Å²) in [6.07, 6.45) is 4.62. The fraction of sp³-hybridized carbons (Fsp3) is 0. The summed E-state index contributed by atoms with van der Waals surface area (Å²) in [6, 6.07) is 17.1. The van der Waals surface area contributed by atoms with Crippen LogP contribution >= 0.6 is 0 Å². The van der Waals surface area contributed by atoms with E-state index in [1.165, 1.54) is 16.4 Å². The number of aromatic nitrogens is 3. The minimum Gasteiger partial charge on any atom is -0.246 e. The van der Waals surface area contributed by atoms with Crippen molar-refractivity contribution >= 4 is 21.1 Å². The molecule has 0 bridgehead atoms. The van der Waals surface area contributed by atoms with E-state index < -0.39 is 10.0 Å². The van der Waals surface area contributed by atoms with Gasteiger partial charge in [-0.05, 0) is 42.0 Å². The molecule has 4 rings (SSSR count). The number of rotatable bonds is 3. The van der Waals surface area contributed by atoms with Crippen LogP contribution in [0.4, 0.5) is 0 Å². The Morgan fingerprint density at radius 1 is 0.962 bits per heavy atom. The van der Waals surface area contributed by atoms with Gasteiger partial charge in [0.2, 0.25) is 0 Å². The van der Waals surface area contributed by atoms with E-state index in [4.69, 9.17) is 5.26 Å². The van der Waals surface area contributed by atoms with E-state index in [2.05, 4.69) is 9.97 Å². The zero-order valence-corrected chi connectivity index (χ0v) is 14.3. The minimum absolute atomic E-state index is 0.182. The van der Waals surface area contributed by atoms with Crippen LogP contribution in [-0.2, 0) is 10.0 Å². The second-order valence-corrected chi connectivity index (χ2v) is 7.39. The molecule has 26 heavy (non-hydrogen) atoms. The Balaban J connectivity index is 2.00. The monoisotopic (exact) mass is 360 g/mol. The van der Waals surface area contributed by atoms with Gasteiger partial charge in [0.25, 0.3) is 10.0 Å². The molecule has 0 aliphatic heterocycles. The van der Waals surface area contributed by atoms with E-state index in [-0.39, 0.29) is 10.6 Å². The van der Waals surface area contributed by atoms with E-state index in [1.54, 1.807) is 60.8 Å². The number of benzene rings is 1. The van der Waals surface area contributed by atoms with Crippen LogP contribution in [0.15, 0.2) is 78.1 Å². The summed E-state index contributed by atoms with van der Waals surface area (Å²) >= 11 is 0. The Morgan fingerprint density at radius 2 is 1.77 bits per heavy atom. The van der Waals surface area contributed by atoms with Gasteiger partial charge in [-0.25, -0.2) is 22.4 Å². The van der Waals surface area contributed by atoms with E-state index in [1.807, 2.05) is 6.07 Å². The van der Waals surface area contributed by atoms with Gasteiger partial charge in [0.1, 0.15) is 11.8 Å². The van der Waals surface area contributed by atoms with Crippen LogP contribution in [0.2, 0.25) is 0 Å². The summed E-state index contributed by atoms with van der Waals surface area (Å²) in [5, 5.41) is 9.76. The highest BCUT2D eigenvalue weighted by Gasteiger charge is 2.22. The second-order valence-electron chi connectivity index (χ2n) is 5.57. The molecule has 1 aromatic carbocycles. The van der Waals surface area contributed by atoms with Gasteiger partial charge in [-0.3, -0.25) is 0 Å². The maximum Gasteiger partial charge on any atom is 0.269 e. The Morgan fingerprint density at radius 3 is 2.54 bits per heavy atom. The molecule has 0 spiro atoms. The van der Waals surface area contributed by atoms with Gasteiger partial charge in [0, 0.05) is 29.5 Å². The number of nitrogens with zero attached hydrogens (tertiary/aromatic N) is 4. The van der Waals surface area contributed by atoms with Gasteiger partial charge < -0.3 is 0 Å². The van der Waals surface area contributed by atoms with Crippen LogP contribution in [0.3, 0.4) is 0 Å². The molecule has 0 radical (unpaired) electrons. The van der Waals surface area contributed by atoms with Gasteiger partial charge in [-0.2, -0.15) is 5.26 Å². The first-order valence-corrected chi connectivity index (χ1v) is 9.18. The summed E-state index contributed by atoms with van der Waals surface area (Å²) < 4.78 is 27.3.